The summed E-state index contributed by atoms with van der Waals surface area (Å²) in [6, 6.07) is 4.31. The van der Waals surface area contributed by atoms with Gasteiger partial charge >= 0.3 is 33.9 Å². The third kappa shape index (κ3) is 14.6. The SMILES string of the molecule is CCCc1cc(OC)c(C)cc1C#C[Si](C)(C)C.[C-]#[O+].[C-]#[O+].[C-]#[O+].[Cr]. The van der Waals surface area contributed by atoms with Gasteiger partial charge < -0.3 is 4.74 Å². The van der Waals surface area contributed by atoms with Crippen LogP contribution in [0.15, 0.2) is 12.1 Å². The largest absolute Gasteiger partial charge is 0 e. The van der Waals surface area contributed by atoms with Crippen LogP contribution in [0.2, 0.25) is 19.6 Å². The average Bonchev–Trinajstić information content (AvgIpc) is 2.59. The molecule has 0 aromatic heterocycles. The Kier molecular flexibility index (Phi) is 23.7. The van der Waals surface area contributed by atoms with Gasteiger partial charge in [0.2, 0.25) is 0 Å². The molecule has 0 saturated carbocycles. The standard InChI is InChI=1S/C16H24OSi.3CO.Cr/c1-7-8-14-12-16(17-3)13(2)11-15(14)9-10-18(4,5)6;3*1-2;/h11-12H,7-8H2,1-6H3;;;;. The van der Waals surface area contributed by atoms with E-state index in [0.717, 1.165) is 24.2 Å². The van der Waals surface area contributed by atoms with Gasteiger partial charge in [0.25, 0.3) is 0 Å². The molecule has 0 saturated heterocycles. The Labute approximate surface area is 163 Å². The van der Waals surface area contributed by atoms with Crippen LogP contribution < -0.4 is 4.74 Å². The summed E-state index contributed by atoms with van der Waals surface area (Å²) in [4.78, 5) is 0. The van der Waals surface area contributed by atoms with Gasteiger partial charge in [0.05, 0.1) is 7.11 Å². The summed E-state index contributed by atoms with van der Waals surface area (Å²) in [5, 5.41) is 0. The predicted octanol–water partition coefficient (Wildman–Crippen LogP) is 4.07. The second-order valence-electron chi connectivity index (χ2n) is 5.73. The Morgan fingerprint density at radius 1 is 1.04 bits per heavy atom. The maximum Gasteiger partial charge on any atom is 0 e. The van der Waals surface area contributed by atoms with Crippen molar-refractivity contribution in [3.63, 3.8) is 0 Å². The minimum absolute atomic E-state index is 0. The van der Waals surface area contributed by atoms with E-state index in [4.69, 9.17) is 18.7 Å². The minimum Gasteiger partial charge on any atom is 0 e. The van der Waals surface area contributed by atoms with E-state index in [1.807, 2.05) is 0 Å². The number of hydrogen-bond donors (Lipinski definition) is 0. The van der Waals surface area contributed by atoms with E-state index in [1.54, 1.807) is 7.11 Å². The van der Waals surface area contributed by atoms with E-state index < -0.39 is 8.07 Å². The van der Waals surface area contributed by atoms with Gasteiger partial charge in [0.15, 0.2) is 0 Å². The first-order chi connectivity index (χ1) is 11.4. The number of rotatable bonds is 3. The van der Waals surface area contributed by atoms with Crippen molar-refractivity contribution >= 4 is 8.07 Å². The topological polar surface area (TPSA) is 68.9 Å². The van der Waals surface area contributed by atoms with Crippen molar-refractivity contribution in [2.75, 3.05) is 7.11 Å². The van der Waals surface area contributed by atoms with Crippen LogP contribution in [-0.4, -0.2) is 15.2 Å². The normalized spacial score (nSPS) is 8.00. The third-order valence-corrected chi connectivity index (χ3v) is 3.59. The van der Waals surface area contributed by atoms with Gasteiger partial charge in [-0.3, -0.25) is 0 Å². The fourth-order valence-electron chi connectivity index (χ4n) is 1.80. The van der Waals surface area contributed by atoms with E-state index in [9.17, 15) is 0 Å². The van der Waals surface area contributed by atoms with Gasteiger partial charge in [0, 0.05) is 22.9 Å². The second-order valence-corrected chi connectivity index (χ2v) is 10.5. The fourth-order valence-corrected chi connectivity index (χ4v) is 2.31. The molecule has 0 aliphatic rings. The molecule has 0 atom stereocenters. The first-order valence-electron chi connectivity index (χ1n) is 7.19. The van der Waals surface area contributed by atoms with Gasteiger partial charge in [-0.1, -0.05) is 38.9 Å². The van der Waals surface area contributed by atoms with Crippen LogP contribution in [0, 0.1) is 38.3 Å². The first-order valence-corrected chi connectivity index (χ1v) is 10.7. The van der Waals surface area contributed by atoms with Crippen LogP contribution in [0.4, 0.5) is 0 Å². The molecule has 0 heterocycles. The number of benzene rings is 1. The molecule has 4 nitrogen and oxygen atoms in total. The number of ether oxygens (including phenoxy) is 1. The van der Waals surface area contributed by atoms with E-state index >= 15 is 0 Å². The van der Waals surface area contributed by atoms with Gasteiger partial charge in [-0.25, -0.2) is 0 Å². The van der Waals surface area contributed by atoms with Crippen LogP contribution in [0.25, 0.3) is 0 Å². The number of methoxy groups -OCH3 is 1. The van der Waals surface area contributed by atoms with E-state index in [-0.39, 0.29) is 17.4 Å². The van der Waals surface area contributed by atoms with Gasteiger partial charge in [-0.15, -0.1) is 5.54 Å². The third-order valence-electron chi connectivity index (χ3n) is 2.71. The molecule has 0 unspecified atom stereocenters. The molecule has 0 aliphatic heterocycles. The zero-order chi connectivity index (χ0) is 19.8. The summed E-state index contributed by atoms with van der Waals surface area (Å²) in [5.74, 6) is 4.36. The Morgan fingerprint density at radius 3 is 1.88 bits per heavy atom. The first kappa shape index (κ1) is 31.3. The maximum atomic E-state index is 7.50. The maximum absolute atomic E-state index is 7.50. The molecule has 25 heavy (non-hydrogen) atoms. The molecule has 0 spiro atoms. The molecule has 134 valence electrons. The quantitative estimate of drug-likeness (QED) is 0.329. The summed E-state index contributed by atoms with van der Waals surface area (Å²) in [5.41, 5.74) is 7.10. The zero-order valence-corrected chi connectivity index (χ0v) is 17.9. The van der Waals surface area contributed by atoms with Crippen LogP contribution in [0.1, 0.15) is 30.0 Å². The van der Waals surface area contributed by atoms with E-state index in [0.29, 0.717) is 0 Å². The van der Waals surface area contributed by atoms with Crippen molar-refractivity contribution in [1.29, 1.82) is 0 Å². The van der Waals surface area contributed by atoms with Crippen LogP contribution in [0.5, 0.6) is 5.75 Å². The van der Waals surface area contributed by atoms with E-state index in [1.165, 1.54) is 11.1 Å². The molecule has 1 rings (SSSR count). The van der Waals surface area contributed by atoms with Crippen molar-refractivity contribution in [3.8, 4) is 17.2 Å². The minimum atomic E-state index is -1.32. The molecular weight excluding hydrogens is 372 g/mol. The van der Waals surface area contributed by atoms with Crippen molar-refractivity contribution in [1.82, 2.24) is 0 Å². The van der Waals surface area contributed by atoms with Crippen LogP contribution >= 0.6 is 0 Å². The van der Waals surface area contributed by atoms with Crippen molar-refractivity contribution in [2.24, 2.45) is 0 Å². The molecular formula is C19H24CrO4Si. The summed E-state index contributed by atoms with van der Waals surface area (Å²) in [6.07, 6.45) is 2.19. The molecule has 1 aromatic rings. The fraction of sp³-hybridized carbons (Fsp3) is 0.421. The molecule has 0 aliphatic carbocycles. The number of aryl methyl sites for hydroxylation is 2. The Hall–Kier alpha value is -1.45. The van der Waals surface area contributed by atoms with Gasteiger partial charge in [-0.2, -0.15) is 0 Å². The van der Waals surface area contributed by atoms with Crippen LogP contribution in [0.3, 0.4) is 0 Å². The predicted molar refractivity (Wildman–Crippen MR) is 93.7 cm³/mol. The Balaban J connectivity index is -0.000000284. The van der Waals surface area contributed by atoms with Crippen LogP contribution in [-0.2, 0) is 37.7 Å². The zero-order valence-electron chi connectivity index (χ0n) is 15.6. The summed E-state index contributed by atoms with van der Waals surface area (Å²) in [7, 11) is 0.410. The molecule has 0 N–H and O–H groups in total. The summed E-state index contributed by atoms with van der Waals surface area (Å²) in [6.45, 7) is 24.6. The molecule has 0 fully saturated rings. The van der Waals surface area contributed by atoms with Crippen molar-refractivity contribution in [2.45, 2.75) is 46.3 Å². The molecule has 0 bridgehead atoms. The summed E-state index contributed by atoms with van der Waals surface area (Å²) < 4.78 is 27.9. The average molecular weight is 396 g/mol. The van der Waals surface area contributed by atoms with Crippen molar-refractivity contribution in [3.05, 3.63) is 48.8 Å². The van der Waals surface area contributed by atoms with Crippen molar-refractivity contribution < 1.29 is 36.1 Å². The second kappa shape index (κ2) is 18.9. The summed E-state index contributed by atoms with van der Waals surface area (Å²) >= 11 is 0. The number of hydrogen-bond acceptors (Lipinski definition) is 1. The smallest absolute Gasteiger partial charge is 0 e. The molecule has 6 heteroatoms. The molecule has 0 radical (unpaired) electrons. The van der Waals surface area contributed by atoms with E-state index in [2.05, 4.69) is 77.0 Å². The Morgan fingerprint density at radius 2 is 1.52 bits per heavy atom. The molecule has 0 amide bonds. The monoisotopic (exact) mass is 396 g/mol. The molecule has 1 aromatic carbocycles. The van der Waals surface area contributed by atoms with Gasteiger partial charge in [0.1, 0.15) is 13.8 Å². The van der Waals surface area contributed by atoms with Gasteiger partial charge in [-0.05, 0) is 36.6 Å². The Bertz CT molecular complexity index is 588.